The van der Waals surface area contributed by atoms with Gasteiger partial charge in [-0.2, -0.15) is 0 Å². The Hall–Kier alpha value is -3.21. The molecule has 0 aliphatic heterocycles. The first-order chi connectivity index (χ1) is 17.7. The first-order valence-corrected chi connectivity index (χ1v) is 13.6. The molecule has 0 bridgehead atoms. The zero-order valence-corrected chi connectivity index (χ0v) is 22.9. The van der Waals surface area contributed by atoms with Gasteiger partial charge in [-0.3, -0.25) is 9.36 Å². The Morgan fingerprint density at radius 1 is 1.27 bits per heavy atom. The van der Waals surface area contributed by atoms with Crippen molar-refractivity contribution in [2.75, 3.05) is 11.1 Å². The summed E-state index contributed by atoms with van der Waals surface area (Å²) in [6, 6.07) is 10.1. The van der Waals surface area contributed by atoms with Gasteiger partial charge in [0, 0.05) is 17.5 Å². The van der Waals surface area contributed by atoms with Crippen LogP contribution in [0, 0.1) is 19.7 Å². The minimum absolute atomic E-state index is 0.118. The van der Waals surface area contributed by atoms with Crippen LogP contribution in [0.15, 0.2) is 59.6 Å². The van der Waals surface area contributed by atoms with E-state index in [0.717, 1.165) is 11.3 Å². The molecule has 1 N–H and O–H groups in total. The molecule has 1 atom stereocenters. The number of amides is 1. The number of aryl methyl sites for hydroxylation is 2. The number of carbonyl (C=O) groups excluding carboxylic acids is 1. The molecule has 2 heterocycles. The second-order valence-electron chi connectivity index (χ2n) is 8.25. The highest BCUT2D eigenvalue weighted by molar-refractivity contribution is 7.99. The van der Waals surface area contributed by atoms with E-state index < -0.39 is 11.9 Å². The molecule has 4 rings (SSSR count). The minimum atomic E-state index is -0.530. The van der Waals surface area contributed by atoms with Crippen LogP contribution in [0.1, 0.15) is 30.0 Å². The maximum Gasteiger partial charge on any atom is 0.236 e. The predicted molar refractivity (Wildman–Crippen MR) is 147 cm³/mol. The van der Waals surface area contributed by atoms with Gasteiger partial charge in [0.1, 0.15) is 11.6 Å². The summed E-state index contributed by atoms with van der Waals surface area (Å²) in [4.78, 5) is 17.2. The van der Waals surface area contributed by atoms with E-state index in [1.807, 2.05) is 16.0 Å². The number of nitrogens with one attached hydrogen (secondary N) is 1. The summed E-state index contributed by atoms with van der Waals surface area (Å²) in [6.45, 7) is 10.1. The van der Waals surface area contributed by atoms with Crippen LogP contribution in [0.5, 0.6) is 5.75 Å². The molecule has 0 saturated carbocycles. The maximum absolute atomic E-state index is 13.4. The number of aromatic nitrogens is 4. The van der Waals surface area contributed by atoms with Gasteiger partial charge in [-0.1, -0.05) is 41.6 Å². The summed E-state index contributed by atoms with van der Waals surface area (Å²) in [6.07, 6.45) is 1.18. The van der Waals surface area contributed by atoms with Crippen molar-refractivity contribution >= 4 is 45.7 Å². The molecule has 0 radical (unpaired) electrons. The predicted octanol–water partition coefficient (Wildman–Crippen LogP) is 6.87. The van der Waals surface area contributed by atoms with Gasteiger partial charge in [0.05, 0.1) is 16.5 Å². The molecule has 7 nitrogen and oxygen atoms in total. The van der Waals surface area contributed by atoms with Crippen molar-refractivity contribution in [3.8, 4) is 17.0 Å². The fourth-order valence-electron chi connectivity index (χ4n) is 3.47. The number of hydrogen-bond donors (Lipinski definition) is 1. The molecule has 2 aromatic heterocycles. The summed E-state index contributed by atoms with van der Waals surface area (Å²) in [5.41, 5.74) is 4.24. The van der Waals surface area contributed by atoms with Crippen LogP contribution in [-0.4, -0.2) is 31.4 Å². The Balaban J connectivity index is 1.40. The first kappa shape index (κ1) is 26.8. The van der Waals surface area contributed by atoms with Crippen LogP contribution in [0.4, 0.5) is 9.52 Å². The van der Waals surface area contributed by atoms with E-state index in [1.54, 1.807) is 13.0 Å². The van der Waals surface area contributed by atoms with Gasteiger partial charge in [0.15, 0.2) is 22.2 Å². The van der Waals surface area contributed by atoms with Crippen molar-refractivity contribution < 1.29 is 13.9 Å². The van der Waals surface area contributed by atoms with E-state index >= 15 is 0 Å². The summed E-state index contributed by atoms with van der Waals surface area (Å²) in [5.74, 6) is 0.327. The lowest BCUT2D eigenvalue weighted by Gasteiger charge is -2.16. The number of nitrogens with zero attached hydrogens (tertiary/aromatic N) is 4. The molecular formula is C26H25ClFN5O2S2. The Kier molecular flexibility index (Phi) is 8.63. The minimum Gasteiger partial charge on any atom is -0.481 e. The summed E-state index contributed by atoms with van der Waals surface area (Å²) in [5, 5.41) is 14.5. The van der Waals surface area contributed by atoms with Crippen molar-refractivity contribution in [3.63, 3.8) is 0 Å². The largest absolute Gasteiger partial charge is 0.481 e. The van der Waals surface area contributed by atoms with Crippen molar-refractivity contribution in [3.05, 3.63) is 82.2 Å². The van der Waals surface area contributed by atoms with Crippen molar-refractivity contribution in [2.45, 2.75) is 38.6 Å². The Morgan fingerprint density at radius 3 is 2.81 bits per heavy atom. The quantitative estimate of drug-likeness (QED) is 0.169. The number of allylic oxidation sites excluding steroid dienone is 1. The molecule has 0 saturated heterocycles. The van der Waals surface area contributed by atoms with Gasteiger partial charge in [0.25, 0.3) is 0 Å². The molecule has 1 unspecified atom stereocenters. The molecule has 192 valence electrons. The van der Waals surface area contributed by atoms with Crippen LogP contribution < -0.4 is 10.1 Å². The van der Waals surface area contributed by atoms with Gasteiger partial charge in [0.2, 0.25) is 5.91 Å². The van der Waals surface area contributed by atoms with E-state index in [0.29, 0.717) is 28.4 Å². The number of thioether (sulfide) groups is 1. The molecule has 2 aromatic carbocycles. The Morgan fingerprint density at radius 2 is 2.08 bits per heavy atom. The van der Waals surface area contributed by atoms with Crippen molar-refractivity contribution in [1.82, 2.24) is 19.7 Å². The number of anilines is 1. The molecule has 0 aliphatic carbocycles. The number of ether oxygens (including phenoxy) is 1. The summed E-state index contributed by atoms with van der Waals surface area (Å²) in [7, 11) is 0. The molecule has 0 spiro atoms. The number of carbonyl (C=O) groups is 1. The van der Waals surface area contributed by atoms with Gasteiger partial charge in [-0.25, -0.2) is 9.37 Å². The Bertz CT molecular complexity index is 1440. The van der Waals surface area contributed by atoms with Gasteiger partial charge < -0.3 is 10.1 Å². The SMILES string of the molecule is C=CCn1c(SCC(=O)Nc2nc(-c3ccc(C)c(C)c3)cs2)nnc1C(C)Oc1ccc(F)cc1Cl. The second-order valence-corrected chi connectivity index (χ2v) is 10.5. The van der Waals surface area contributed by atoms with Gasteiger partial charge in [-0.15, -0.1) is 28.1 Å². The third-order valence-electron chi connectivity index (χ3n) is 5.50. The standard InChI is InChI=1S/C26H25ClFN5O2S2/c1-5-10-33-24(17(4)35-22-9-8-19(28)12-20(22)27)31-32-26(33)37-14-23(34)30-25-29-21(13-36-25)18-7-6-15(2)16(3)11-18/h5-9,11-13,17H,1,10,14H2,2-4H3,(H,29,30,34). The smallest absolute Gasteiger partial charge is 0.236 e. The van der Waals surface area contributed by atoms with E-state index in [9.17, 15) is 9.18 Å². The van der Waals surface area contributed by atoms with Gasteiger partial charge >= 0.3 is 0 Å². The number of halogens is 2. The molecule has 0 fully saturated rings. The molecular weight excluding hydrogens is 533 g/mol. The highest BCUT2D eigenvalue weighted by atomic mass is 35.5. The third-order valence-corrected chi connectivity index (χ3v) is 7.52. The molecule has 11 heteroatoms. The zero-order chi connectivity index (χ0) is 26.5. The van der Waals surface area contributed by atoms with Crippen LogP contribution in [0.3, 0.4) is 0 Å². The van der Waals surface area contributed by atoms with E-state index in [-0.39, 0.29) is 16.7 Å². The fraction of sp³-hybridized carbons (Fsp3) is 0.231. The normalized spacial score (nSPS) is 11.8. The summed E-state index contributed by atoms with van der Waals surface area (Å²) >= 11 is 8.71. The molecule has 4 aromatic rings. The molecule has 37 heavy (non-hydrogen) atoms. The first-order valence-electron chi connectivity index (χ1n) is 11.4. The lowest BCUT2D eigenvalue weighted by Crippen LogP contribution is -2.15. The van der Waals surface area contributed by atoms with Crippen LogP contribution in [0.25, 0.3) is 11.3 Å². The van der Waals surface area contributed by atoms with Crippen LogP contribution in [0.2, 0.25) is 5.02 Å². The van der Waals surface area contributed by atoms with E-state index in [4.69, 9.17) is 16.3 Å². The average molecular weight is 558 g/mol. The fourth-order valence-corrected chi connectivity index (χ4v) is 5.17. The van der Waals surface area contributed by atoms with Crippen LogP contribution >= 0.6 is 34.7 Å². The zero-order valence-electron chi connectivity index (χ0n) is 20.5. The topological polar surface area (TPSA) is 81.9 Å². The number of hydrogen-bond acceptors (Lipinski definition) is 7. The highest BCUT2D eigenvalue weighted by Gasteiger charge is 2.21. The summed E-state index contributed by atoms with van der Waals surface area (Å²) < 4.78 is 21.1. The number of rotatable bonds is 10. The lowest BCUT2D eigenvalue weighted by atomic mass is 10.1. The maximum atomic E-state index is 13.4. The second kappa shape index (κ2) is 11.9. The monoisotopic (exact) mass is 557 g/mol. The average Bonchev–Trinajstić information content (AvgIpc) is 3.49. The number of thiazole rings is 1. The Labute approximate surface area is 227 Å². The van der Waals surface area contributed by atoms with E-state index in [1.165, 1.54) is 52.4 Å². The third kappa shape index (κ3) is 6.57. The number of benzene rings is 2. The van der Waals surface area contributed by atoms with Crippen LogP contribution in [-0.2, 0) is 11.3 Å². The lowest BCUT2D eigenvalue weighted by molar-refractivity contribution is -0.113. The molecule has 1 amide bonds. The van der Waals surface area contributed by atoms with Crippen molar-refractivity contribution in [1.29, 1.82) is 0 Å². The molecule has 0 aliphatic rings. The highest BCUT2D eigenvalue weighted by Crippen LogP contribution is 2.31. The van der Waals surface area contributed by atoms with Crippen molar-refractivity contribution in [2.24, 2.45) is 0 Å². The van der Waals surface area contributed by atoms with E-state index in [2.05, 4.69) is 53.1 Å². The van der Waals surface area contributed by atoms with Gasteiger partial charge in [-0.05, 0) is 56.2 Å².